The monoisotopic (exact) mass is 395 g/mol. The summed E-state index contributed by atoms with van der Waals surface area (Å²) in [6.45, 7) is 4.80. The number of aromatic nitrogens is 1. The van der Waals surface area contributed by atoms with Crippen LogP contribution in [-0.2, 0) is 18.3 Å². The third-order valence-corrected chi connectivity index (χ3v) is 5.95. The highest BCUT2D eigenvalue weighted by Crippen LogP contribution is 2.29. The summed E-state index contributed by atoms with van der Waals surface area (Å²) in [5.74, 6) is 0.559. The number of anilines is 1. The maximum atomic E-state index is 12.5. The first-order valence-corrected chi connectivity index (χ1v) is 10.2. The lowest BCUT2D eigenvalue weighted by atomic mass is 10.1. The summed E-state index contributed by atoms with van der Waals surface area (Å²) < 4.78 is 2.08. The topological polar surface area (TPSA) is 37.3 Å². The van der Waals surface area contributed by atoms with Crippen molar-refractivity contribution in [2.45, 2.75) is 19.8 Å². The molecular formula is C23H26ClN3O. The maximum absolute atomic E-state index is 12.5. The van der Waals surface area contributed by atoms with Gasteiger partial charge in [-0.3, -0.25) is 4.79 Å². The van der Waals surface area contributed by atoms with E-state index in [-0.39, 0.29) is 5.91 Å². The molecule has 3 aromatic rings. The number of hydrogen-bond donors (Lipinski definition) is 1. The van der Waals surface area contributed by atoms with E-state index in [9.17, 15) is 4.79 Å². The molecule has 1 aliphatic heterocycles. The van der Waals surface area contributed by atoms with Crippen LogP contribution >= 0.6 is 11.6 Å². The van der Waals surface area contributed by atoms with Gasteiger partial charge in [-0.05, 0) is 48.6 Å². The Bertz CT molecular complexity index is 1010. The highest BCUT2D eigenvalue weighted by atomic mass is 35.5. The average molecular weight is 396 g/mol. The molecule has 4 rings (SSSR count). The van der Waals surface area contributed by atoms with Gasteiger partial charge >= 0.3 is 0 Å². The van der Waals surface area contributed by atoms with Gasteiger partial charge in [0.15, 0.2) is 0 Å². The van der Waals surface area contributed by atoms with Crippen LogP contribution in [-0.4, -0.2) is 30.1 Å². The number of carbonyl (C=O) groups is 1. The fraction of sp³-hybridized carbons (Fsp3) is 0.348. The third-order valence-electron chi connectivity index (χ3n) is 5.72. The maximum Gasteiger partial charge on any atom is 0.224 e. The number of halogens is 1. The Morgan fingerprint density at radius 2 is 2.07 bits per heavy atom. The van der Waals surface area contributed by atoms with Crippen molar-refractivity contribution in [1.82, 2.24) is 9.88 Å². The Kier molecular flexibility index (Phi) is 5.31. The van der Waals surface area contributed by atoms with E-state index < -0.39 is 0 Å². The fourth-order valence-electron chi connectivity index (χ4n) is 4.20. The Morgan fingerprint density at radius 3 is 2.93 bits per heavy atom. The van der Waals surface area contributed by atoms with Crippen LogP contribution in [0.1, 0.15) is 17.5 Å². The molecule has 2 aromatic carbocycles. The Morgan fingerprint density at radius 1 is 1.25 bits per heavy atom. The van der Waals surface area contributed by atoms with E-state index >= 15 is 0 Å². The zero-order chi connectivity index (χ0) is 19.7. The summed E-state index contributed by atoms with van der Waals surface area (Å²) >= 11 is 6.17. The van der Waals surface area contributed by atoms with Crippen LogP contribution in [0, 0.1) is 12.8 Å². The molecule has 1 fully saturated rings. The minimum Gasteiger partial charge on any atom is -0.371 e. The number of benzene rings is 2. The molecule has 1 aliphatic rings. The van der Waals surface area contributed by atoms with E-state index in [1.54, 1.807) is 0 Å². The zero-order valence-electron chi connectivity index (χ0n) is 16.4. The standard InChI is InChI=1S/C23H26ClN3O/c1-16-7-8-19(24)12-22(16)27-10-9-17(14-27)13-25-23(28)11-18-15-26(2)21-6-4-3-5-20(18)21/h3-8,12,15,17H,9-11,13-14H2,1-2H3,(H,25,28). The smallest absolute Gasteiger partial charge is 0.224 e. The van der Waals surface area contributed by atoms with Gasteiger partial charge in [0.2, 0.25) is 5.91 Å². The zero-order valence-corrected chi connectivity index (χ0v) is 17.2. The number of hydrogen-bond acceptors (Lipinski definition) is 2. The van der Waals surface area contributed by atoms with Gasteiger partial charge in [0.25, 0.3) is 0 Å². The molecule has 4 nitrogen and oxygen atoms in total. The summed E-state index contributed by atoms with van der Waals surface area (Å²) in [7, 11) is 2.02. The summed E-state index contributed by atoms with van der Waals surface area (Å²) in [5.41, 5.74) is 4.69. The first-order valence-electron chi connectivity index (χ1n) is 9.82. The van der Waals surface area contributed by atoms with Crippen molar-refractivity contribution in [3.8, 4) is 0 Å². The first kappa shape index (κ1) is 18.9. The van der Waals surface area contributed by atoms with Crippen LogP contribution < -0.4 is 10.2 Å². The molecule has 0 radical (unpaired) electrons. The van der Waals surface area contributed by atoms with Gasteiger partial charge in [0, 0.05) is 54.5 Å². The van der Waals surface area contributed by atoms with E-state index in [2.05, 4.69) is 46.1 Å². The molecule has 0 bridgehead atoms. The van der Waals surface area contributed by atoms with E-state index in [0.29, 0.717) is 12.3 Å². The molecule has 1 amide bonds. The van der Waals surface area contributed by atoms with Gasteiger partial charge in [-0.15, -0.1) is 0 Å². The molecule has 1 N–H and O–H groups in total. The second-order valence-electron chi connectivity index (χ2n) is 7.79. The van der Waals surface area contributed by atoms with Gasteiger partial charge in [-0.2, -0.15) is 0 Å². The molecule has 5 heteroatoms. The van der Waals surface area contributed by atoms with Crippen LogP contribution in [0.15, 0.2) is 48.7 Å². The predicted molar refractivity (Wildman–Crippen MR) is 116 cm³/mol. The molecule has 1 aromatic heterocycles. The lowest BCUT2D eigenvalue weighted by Crippen LogP contribution is -2.32. The summed E-state index contributed by atoms with van der Waals surface area (Å²) in [6, 6.07) is 14.3. The number of fused-ring (bicyclic) bond motifs is 1. The molecule has 1 unspecified atom stereocenters. The van der Waals surface area contributed by atoms with Gasteiger partial charge < -0.3 is 14.8 Å². The molecule has 1 saturated heterocycles. The van der Waals surface area contributed by atoms with Gasteiger partial charge in [0.05, 0.1) is 6.42 Å². The van der Waals surface area contributed by atoms with E-state index in [4.69, 9.17) is 11.6 Å². The van der Waals surface area contributed by atoms with Crippen LogP contribution in [0.5, 0.6) is 0 Å². The van der Waals surface area contributed by atoms with Gasteiger partial charge in [-0.25, -0.2) is 0 Å². The Hall–Kier alpha value is -2.46. The molecular weight excluding hydrogens is 370 g/mol. The van der Waals surface area contributed by atoms with Crippen molar-refractivity contribution >= 4 is 34.1 Å². The number of nitrogens with zero attached hydrogens (tertiary/aromatic N) is 2. The lowest BCUT2D eigenvalue weighted by Gasteiger charge is -2.21. The molecule has 2 heterocycles. The summed E-state index contributed by atoms with van der Waals surface area (Å²) in [5, 5.41) is 5.07. The highest BCUT2D eigenvalue weighted by Gasteiger charge is 2.24. The summed E-state index contributed by atoms with van der Waals surface area (Å²) in [4.78, 5) is 14.9. The van der Waals surface area contributed by atoms with Crippen LogP contribution in [0.2, 0.25) is 5.02 Å². The van der Waals surface area contributed by atoms with Crippen LogP contribution in [0.4, 0.5) is 5.69 Å². The minimum absolute atomic E-state index is 0.0914. The van der Waals surface area contributed by atoms with Crippen molar-refractivity contribution in [3.05, 3.63) is 64.8 Å². The number of carbonyl (C=O) groups excluding carboxylic acids is 1. The van der Waals surface area contributed by atoms with Crippen molar-refractivity contribution in [2.24, 2.45) is 13.0 Å². The molecule has 28 heavy (non-hydrogen) atoms. The average Bonchev–Trinajstić information content (AvgIpc) is 3.28. The molecule has 146 valence electrons. The minimum atomic E-state index is 0.0914. The normalized spacial score (nSPS) is 16.7. The third kappa shape index (κ3) is 3.88. The SMILES string of the molecule is Cc1ccc(Cl)cc1N1CCC(CNC(=O)Cc2cn(C)c3ccccc23)C1. The van der Waals surface area contributed by atoms with E-state index in [1.165, 1.54) is 11.3 Å². The van der Waals surface area contributed by atoms with Crippen LogP contribution in [0.25, 0.3) is 10.9 Å². The van der Waals surface area contributed by atoms with Crippen molar-refractivity contribution in [2.75, 3.05) is 24.5 Å². The molecule has 0 spiro atoms. The largest absolute Gasteiger partial charge is 0.371 e. The molecule has 0 aliphatic carbocycles. The predicted octanol–water partition coefficient (Wildman–Crippen LogP) is 4.33. The molecule has 1 atom stereocenters. The molecule has 0 saturated carbocycles. The van der Waals surface area contributed by atoms with Crippen molar-refractivity contribution in [1.29, 1.82) is 0 Å². The van der Waals surface area contributed by atoms with E-state index in [1.807, 2.05) is 31.3 Å². The second kappa shape index (κ2) is 7.88. The fourth-order valence-corrected chi connectivity index (χ4v) is 4.37. The first-order chi connectivity index (χ1) is 13.5. The number of para-hydroxylation sites is 1. The van der Waals surface area contributed by atoms with Crippen molar-refractivity contribution in [3.63, 3.8) is 0 Å². The summed E-state index contributed by atoms with van der Waals surface area (Å²) in [6.07, 6.45) is 3.56. The number of nitrogens with one attached hydrogen (secondary N) is 1. The second-order valence-corrected chi connectivity index (χ2v) is 8.23. The van der Waals surface area contributed by atoms with Gasteiger partial charge in [-0.1, -0.05) is 35.9 Å². The number of aryl methyl sites for hydroxylation is 2. The highest BCUT2D eigenvalue weighted by molar-refractivity contribution is 6.30. The Labute approximate surface area is 171 Å². The van der Waals surface area contributed by atoms with Crippen LogP contribution in [0.3, 0.4) is 0 Å². The Balaban J connectivity index is 1.33. The number of rotatable bonds is 5. The van der Waals surface area contributed by atoms with E-state index in [0.717, 1.165) is 47.5 Å². The van der Waals surface area contributed by atoms with Gasteiger partial charge in [0.1, 0.15) is 0 Å². The number of amides is 1. The quantitative estimate of drug-likeness (QED) is 0.698. The lowest BCUT2D eigenvalue weighted by molar-refractivity contribution is -0.120. The van der Waals surface area contributed by atoms with Crippen molar-refractivity contribution < 1.29 is 4.79 Å².